The molecule has 2 heterocycles. The van der Waals surface area contributed by atoms with Crippen LogP contribution in [0.5, 0.6) is 0 Å². The van der Waals surface area contributed by atoms with E-state index in [1.54, 1.807) is 30.4 Å². The largest absolute Gasteiger partial charge is 0.396 e. The van der Waals surface area contributed by atoms with Crippen molar-refractivity contribution in [2.75, 3.05) is 55.8 Å². The summed E-state index contributed by atoms with van der Waals surface area (Å²) in [6.07, 6.45) is 4.04. The smallest absolute Gasteiger partial charge is 0.214 e. The van der Waals surface area contributed by atoms with E-state index in [0.717, 1.165) is 37.4 Å². The summed E-state index contributed by atoms with van der Waals surface area (Å²) >= 11 is 6.59. The molecule has 9 heteroatoms. The van der Waals surface area contributed by atoms with Gasteiger partial charge in [-0.1, -0.05) is 29.8 Å². The quantitative estimate of drug-likeness (QED) is 0.300. The molecule has 0 unspecified atom stereocenters. The van der Waals surface area contributed by atoms with Crippen molar-refractivity contribution >= 4 is 35.1 Å². The number of pyridine rings is 1. The van der Waals surface area contributed by atoms with Crippen molar-refractivity contribution in [2.24, 2.45) is 0 Å². The molecule has 1 saturated heterocycles. The van der Waals surface area contributed by atoms with Crippen molar-refractivity contribution in [1.29, 1.82) is 0 Å². The number of halogens is 2. The van der Waals surface area contributed by atoms with Gasteiger partial charge in [-0.15, -0.1) is 0 Å². The summed E-state index contributed by atoms with van der Waals surface area (Å²) in [6.45, 7) is 10.5. The maximum absolute atomic E-state index is 14.8. The van der Waals surface area contributed by atoms with Gasteiger partial charge in [-0.05, 0) is 50.6 Å². The van der Waals surface area contributed by atoms with Crippen molar-refractivity contribution in [1.82, 2.24) is 14.8 Å². The van der Waals surface area contributed by atoms with Gasteiger partial charge >= 0.3 is 0 Å². The average Bonchev–Trinajstić information content (AvgIpc) is 2.92. The minimum Gasteiger partial charge on any atom is -0.396 e. The Morgan fingerprint density at radius 1 is 1.00 bits per heavy atom. The predicted octanol–water partition coefficient (Wildman–Crippen LogP) is 5.71. The number of benzene rings is 2. The minimum absolute atomic E-state index is 0.146. The Morgan fingerprint density at radius 2 is 1.72 bits per heavy atom. The molecule has 3 aromatic rings. The highest BCUT2D eigenvalue weighted by atomic mass is 35.5. The van der Waals surface area contributed by atoms with Gasteiger partial charge < -0.3 is 20.4 Å². The Balaban J connectivity index is 1.62. The fraction of sp³-hybridized carbons (Fsp3) is 0.333. The van der Waals surface area contributed by atoms with Gasteiger partial charge in [-0.25, -0.2) is 4.98 Å². The minimum atomic E-state index is -0.615. The van der Waals surface area contributed by atoms with Gasteiger partial charge in [-0.3, -0.25) is 9.69 Å². The molecule has 39 heavy (non-hydrogen) atoms. The number of nitrogens with zero attached hydrogens (tertiary/aromatic N) is 5. The molecule has 1 aliphatic rings. The Morgan fingerprint density at radius 3 is 2.36 bits per heavy atom. The van der Waals surface area contributed by atoms with E-state index in [2.05, 4.69) is 47.7 Å². The van der Waals surface area contributed by atoms with Crippen LogP contribution in [-0.2, 0) is 4.79 Å². The van der Waals surface area contributed by atoms with Crippen molar-refractivity contribution in [3.05, 3.63) is 71.9 Å². The van der Waals surface area contributed by atoms with E-state index in [-0.39, 0.29) is 5.54 Å². The van der Waals surface area contributed by atoms with Crippen LogP contribution in [-0.4, -0.2) is 67.0 Å². The number of amides is 1. The molecule has 2 N–H and O–H groups in total. The van der Waals surface area contributed by atoms with E-state index in [1.807, 2.05) is 31.3 Å². The number of aromatic nitrogens is 1. The molecule has 0 spiro atoms. The van der Waals surface area contributed by atoms with E-state index in [1.165, 1.54) is 11.0 Å². The van der Waals surface area contributed by atoms with Crippen molar-refractivity contribution in [3.63, 3.8) is 0 Å². The normalized spacial score (nSPS) is 14.6. The van der Waals surface area contributed by atoms with Gasteiger partial charge in [0.05, 0.1) is 22.1 Å². The lowest BCUT2D eigenvalue weighted by molar-refractivity contribution is -0.115. The molecule has 206 valence electrons. The summed E-state index contributed by atoms with van der Waals surface area (Å²) in [6, 6.07) is 14.8. The second-order valence-corrected chi connectivity index (χ2v) is 11.2. The summed E-state index contributed by atoms with van der Waals surface area (Å²) in [5.41, 5.74) is 11.3. The summed E-state index contributed by atoms with van der Waals surface area (Å²) in [5, 5.41) is 0.441. The summed E-state index contributed by atoms with van der Waals surface area (Å²) in [7, 11) is 3.46. The van der Waals surface area contributed by atoms with E-state index in [9.17, 15) is 9.18 Å². The molecule has 1 aromatic heterocycles. The zero-order valence-electron chi connectivity index (χ0n) is 23.2. The van der Waals surface area contributed by atoms with Crippen molar-refractivity contribution in [3.8, 4) is 22.4 Å². The molecule has 1 amide bonds. The van der Waals surface area contributed by atoms with Crippen molar-refractivity contribution in [2.45, 2.75) is 26.3 Å². The van der Waals surface area contributed by atoms with E-state index in [0.29, 0.717) is 39.6 Å². The van der Waals surface area contributed by atoms with E-state index in [4.69, 9.17) is 17.3 Å². The number of hydrogen-bond acceptors (Lipinski definition) is 6. The Labute approximate surface area is 235 Å². The number of nitrogen functional groups attached to an aromatic ring is 1. The van der Waals surface area contributed by atoms with E-state index < -0.39 is 5.95 Å². The highest BCUT2D eigenvalue weighted by Gasteiger charge is 2.26. The maximum Gasteiger partial charge on any atom is 0.214 e. The van der Waals surface area contributed by atoms with Crippen LogP contribution < -0.4 is 15.5 Å². The Bertz CT molecular complexity index is 1360. The molecule has 0 saturated carbocycles. The highest BCUT2D eigenvalue weighted by Crippen LogP contribution is 2.38. The SMILES string of the molecule is CN(C=O)/C=C\N(C)c1ccc(-c2nc(F)cc(-c3cccc(N4CCN(C(C)(C)C)CC4)c3)c2N)cc1Cl. The zero-order chi connectivity index (χ0) is 28.3. The standard InChI is InChI=1S/C30H36ClFN6O/c1-30(2,3)38-15-13-37(14-16-38)23-8-6-7-21(17-23)24-19-27(32)34-29(28(24)33)22-9-10-26(25(31)18-22)36(5)12-11-35(4)20-39/h6-12,17-20H,13-16,33H2,1-5H3/b12-11-. The van der Waals surface area contributed by atoms with Crippen LogP contribution in [0.2, 0.25) is 5.02 Å². The Kier molecular flexibility index (Phi) is 8.47. The van der Waals surface area contributed by atoms with Gasteiger partial charge in [0.2, 0.25) is 12.4 Å². The summed E-state index contributed by atoms with van der Waals surface area (Å²) in [4.78, 5) is 23.0. The van der Waals surface area contributed by atoms with Crippen LogP contribution in [0.15, 0.2) is 60.9 Å². The van der Waals surface area contributed by atoms with Gasteiger partial charge in [0, 0.05) is 81.1 Å². The molecule has 4 rings (SSSR count). The first-order chi connectivity index (χ1) is 18.5. The first-order valence-corrected chi connectivity index (χ1v) is 13.3. The monoisotopic (exact) mass is 550 g/mol. The molecule has 0 atom stereocenters. The zero-order valence-corrected chi connectivity index (χ0v) is 23.9. The molecule has 0 bridgehead atoms. The summed E-state index contributed by atoms with van der Waals surface area (Å²) < 4.78 is 14.8. The Hall–Kier alpha value is -3.62. The fourth-order valence-corrected chi connectivity index (χ4v) is 5.06. The van der Waals surface area contributed by atoms with Gasteiger partial charge in [0.25, 0.3) is 0 Å². The molecular weight excluding hydrogens is 515 g/mol. The molecule has 0 aliphatic carbocycles. The maximum atomic E-state index is 14.8. The van der Waals surface area contributed by atoms with Crippen LogP contribution in [0.25, 0.3) is 22.4 Å². The highest BCUT2D eigenvalue weighted by molar-refractivity contribution is 6.33. The van der Waals surface area contributed by atoms with Crippen LogP contribution in [0.4, 0.5) is 21.5 Å². The summed E-state index contributed by atoms with van der Waals surface area (Å²) in [5.74, 6) is -0.615. The van der Waals surface area contributed by atoms with Gasteiger partial charge in [0.15, 0.2) is 0 Å². The second kappa shape index (κ2) is 11.6. The third-order valence-corrected chi connectivity index (χ3v) is 7.37. The predicted molar refractivity (Wildman–Crippen MR) is 159 cm³/mol. The molecule has 1 aliphatic heterocycles. The topological polar surface area (TPSA) is 68.9 Å². The van der Waals surface area contributed by atoms with Crippen LogP contribution in [0.1, 0.15) is 20.8 Å². The molecule has 2 aromatic carbocycles. The first kappa shape index (κ1) is 28.4. The fourth-order valence-electron chi connectivity index (χ4n) is 4.75. The lowest BCUT2D eigenvalue weighted by Crippen LogP contribution is -2.53. The number of piperazine rings is 1. The molecule has 1 fully saturated rings. The average molecular weight is 551 g/mol. The number of anilines is 3. The van der Waals surface area contributed by atoms with E-state index >= 15 is 0 Å². The second-order valence-electron chi connectivity index (χ2n) is 10.8. The van der Waals surface area contributed by atoms with Crippen molar-refractivity contribution < 1.29 is 9.18 Å². The van der Waals surface area contributed by atoms with Crippen LogP contribution in [0, 0.1) is 5.95 Å². The number of rotatable bonds is 7. The first-order valence-electron chi connectivity index (χ1n) is 12.9. The lowest BCUT2D eigenvalue weighted by atomic mass is 9.99. The molecule has 7 nitrogen and oxygen atoms in total. The van der Waals surface area contributed by atoms with Gasteiger partial charge in [-0.2, -0.15) is 4.39 Å². The number of carbonyl (C=O) groups is 1. The third kappa shape index (κ3) is 6.52. The lowest BCUT2D eigenvalue weighted by Gasteiger charge is -2.43. The van der Waals surface area contributed by atoms with Crippen LogP contribution >= 0.6 is 11.6 Å². The van der Waals surface area contributed by atoms with Gasteiger partial charge in [0.1, 0.15) is 0 Å². The van der Waals surface area contributed by atoms with Crippen LogP contribution in [0.3, 0.4) is 0 Å². The number of carbonyl (C=O) groups excluding carboxylic acids is 1. The number of nitrogens with two attached hydrogens (primary N) is 1. The third-order valence-electron chi connectivity index (χ3n) is 7.07. The number of hydrogen-bond donors (Lipinski definition) is 1. The molecule has 0 radical (unpaired) electrons. The molecular formula is C30H36ClFN6O.